The molecule has 1 aliphatic rings. The number of hydrogen-bond acceptors (Lipinski definition) is 4. The number of rotatable bonds is 4. The van der Waals surface area contributed by atoms with Gasteiger partial charge < -0.3 is 10.2 Å². The molecule has 1 saturated heterocycles. The van der Waals surface area contributed by atoms with Gasteiger partial charge >= 0.3 is 0 Å². The predicted molar refractivity (Wildman–Crippen MR) is 75.5 cm³/mol. The molecule has 0 bridgehead atoms. The summed E-state index contributed by atoms with van der Waals surface area (Å²) < 4.78 is 0. The standard InChI is InChI=1S/C13H18ClN3O2/c1-16-6-4-11(5-7-16)15-9-10-8-12(17(18)19)2-3-13(10)14/h2-3,8,11,15H,4-7,9H2,1H3. The lowest BCUT2D eigenvalue weighted by molar-refractivity contribution is -0.384. The summed E-state index contributed by atoms with van der Waals surface area (Å²) in [6.07, 6.45) is 2.20. The lowest BCUT2D eigenvalue weighted by Crippen LogP contribution is -2.40. The fourth-order valence-electron chi connectivity index (χ4n) is 2.28. The second kappa shape index (κ2) is 6.32. The summed E-state index contributed by atoms with van der Waals surface area (Å²) in [5.74, 6) is 0. The van der Waals surface area contributed by atoms with E-state index in [4.69, 9.17) is 11.6 Å². The Morgan fingerprint density at radius 3 is 2.79 bits per heavy atom. The number of halogens is 1. The van der Waals surface area contributed by atoms with E-state index in [0.29, 0.717) is 17.6 Å². The van der Waals surface area contributed by atoms with Crippen LogP contribution in [-0.2, 0) is 6.54 Å². The Balaban J connectivity index is 1.95. The van der Waals surface area contributed by atoms with E-state index in [-0.39, 0.29) is 5.69 Å². The van der Waals surface area contributed by atoms with E-state index >= 15 is 0 Å². The topological polar surface area (TPSA) is 58.4 Å². The van der Waals surface area contributed by atoms with Crippen LogP contribution in [0, 0.1) is 10.1 Å². The van der Waals surface area contributed by atoms with Crippen molar-refractivity contribution >= 4 is 17.3 Å². The smallest absolute Gasteiger partial charge is 0.269 e. The highest BCUT2D eigenvalue weighted by Gasteiger charge is 2.17. The van der Waals surface area contributed by atoms with Crippen LogP contribution in [0.5, 0.6) is 0 Å². The second-order valence-corrected chi connectivity index (χ2v) is 5.40. The van der Waals surface area contributed by atoms with Gasteiger partial charge in [0.25, 0.3) is 5.69 Å². The van der Waals surface area contributed by atoms with Crippen molar-refractivity contribution in [3.63, 3.8) is 0 Å². The van der Waals surface area contributed by atoms with E-state index in [0.717, 1.165) is 31.5 Å². The van der Waals surface area contributed by atoms with Crippen molar-refractivity contribution in [3.8, 4) is 0 Å². The van der Waals surface area contributed by atoms with E-state index in [1.54, 1.807) is 12.1 Å². The maximum absolute atomic E-state index is 10.7. The van der Waals surface area contributed by atoms with Gasteiger partial charge in [-0.15, -0.1) is 0 Å². The predicted octanol–water partition coefficient (Wildman–Crippen LogP) is 2.43. The molecule has 0 aromatic heterocycles. The summed E-state index contributed by atoms with van der Waals surface area (Å²) in [5.41, 5.74) is 0.874. The maximum Gasteiger partial charge on any atom is 0.269 e. The van der Waals surface area contributed by atoms with Gasteiger partial charge in [0, 0.05) is 29.7 Å². The molecule has 19 heavy (non-hydrogen) atoms. The normalized spacial score (nSPS) is 17.6. The number of piperidine rings is 1. The third kappa shape index (κ3) is 3.89. The van der Waals surface area contributed by atoms with Crippen LogP contribution >= 0.6 is 11.6 Å². The van der Waals surface area contributed by atoms with Crippen molar-refractivity contribution in [2.75, 3.05) is 20.1 Å². The fraction of sp³-hybridized carbons (Fsp3) is 0.538. The van der Waals surface area contributed by atoms with Gasteiger partial charge in [0.2, 0.25) is 0 Å². The van der Waals surface area contributed by atoms with Gasteiger partial charge in [-0.1, -0.05) is 11.6 Å². The Morgan fingerprint density at radius 1 is 1.47 bits per heavy atom. The molecule has 1 heterocycles. The molecule has 1 aromatic carbocycles. The average Bonchev–Trinajstić information content (AvgIpc) is 2.39. The minimum absolute atomic E-state index is 0.0876. The number of nitrogens with zero attached hydrogens (tertiary/aromatic N) is 2. The van der Waals surface area contributed by atoms with Crippen LogP contribution in [0.4, 0.5) is 5.69 Å². The van der Waals surface area contributed by atoms with E-state index < -0.39 is 4.92 Å². The van der Waals surface area contributed by atoms with Crippen molar-refractivity contribution in [1.82, 2.24) is 10.2 Å². The van der Waals surface area contributed by atoms with E-state index in [1.165, 1.54) is 6.07 Å². The minimum Gasteiger partial charge on any atom is -0.310 e. The van der Waals surface area contributed by atoms with Crippen LogP contribution in [0.25, 0.3) is 0 Å². The quantitative estimate of drug-likeness (QED) is 0.681. The molecule has 104 valence electrons. The first-order valence-corrected chi connectivity index (χ1v) is 6.79. The minimum atomic E-state index is -0.393. The first kappa shape index (κ1) is 14.2. The second-order valence-electron chi connectivity index (χ2n) is 4.99. The monoisotopic (exact) mass is 283 g/mol. The molecule has 0 aliphatic carbocycles. The Bertz CT molecular complexity index is 459. The van der Waals surface area contributed by atoms with Crippen molar-refractivity contribution in [2.45, 2.75) is 25.4 Å². The van der Waals surface area contributed by atoms with Crippen molar-refractivity contribution < 1.29 is 4.92 Å². The molecular weight excluding hydrogens is 266 g/mol. The van der Waals surface area contributed by atoms with Crippen LogP contribution in [0.1, 0.15) is 18.4 Å². The Hall–Kier alpha value is -1.17. The molecule has 6 heteroatoms. The molecule has 0 unspecified atom stereocenters. The van der Waals surface area contributed by atoms with E-state index in [9.17, 15) is 10.1 Å². The molecule has 0 spiro atoms. The Kier molecular flexibility index (Phi) is 4.74. The summed E-state index contributed by atoms with van der Waals surface area (Å²) >= 11 is 6.07. The van der Waals surface area contributed by atoms with Crippen LogP contribution in [0.2, 0.25) is 5.02 Å². The molecule has 0 amide bonds. The largest absolute Gasteiger partial charge is 0.310 e. The van der Waals surface area contributed by atoms with Crippen LogP contribution < -0.4 is 5.32 Å². The zero-order valence-corrected chi connectivity index (χ0v) is 11.7. The highest BCUT2D eigenvalue weighted by atomic mass is 35.5. The fourth-order valence-corrected chi connectivity index (χ4v) is 2.46. The first-order chi connectivity index (χ1) is 9.06. The number of nitrogens with one attached hydrogen (secondary N) is 1. The van der Waals surface area contributed by atoms with E-state index in [1.807, 2.05) is 0 Å². The maximum atomic E-state index is 10.7. The number of benzene rings is 1. The molecule has 0 saturated carbocycles. The number of likely N-dealkylation sites (tertiary alicyclic amines) is 1. The van der Waals surface area contributed by atoms with Gasteiger partial charge in [0.15, 0.2) is 0 Å². The third-order valence-electron chi connectivity index (χ3n) is 3.54. The molecular formula is C13H18ClN3O2. The summed E-state index contributed by atoms with van der Waals surface area (Å²) in [6, 6.07) is 5.03. The lowest BCUT2D eigenvalue weighted by atomic mass is 10.1. The zero-order valence-electron chi connectivity index (χ0n) is 10.9. The SMILES string of the molecule is CN1CCC(NCc2cc([N+](=O)[O-])ccc2Cl)CC1. The summed E-state index contributed by atoms with van der Waals surface area (Å²) in [5, 5.41) is 14.7. The molecule has 1 fully saturated rings. The van der Waals surface area contributed by atoms with Gasteiger partial charge in [0.05, 0.1) is 4.92 Å². The number of hydrogen-bond donors (Lipinski definition) is 1. The van der Waals surface area contributed by atoms with Gasteiger partial charge in [0.1, 0.15) is 0 Å². The molecule has 5 nitrogen and oxygen atoms in total. The highest BCUT2D eigenvalue weighted by Crippen LogP contribution is 2.22. The number of non-ortho nitro benzene ring substituents is 1. The Labute approximate surface area is 117 Å². The van der Waals surface area contributed by atoms with Gasteiger partial charge in [-0.2, -0.15) is 0 Å². The molecule has 0 atom stereocenters. The van der Waals surface area contributed by atoms with E-state index in [2.05, 4.69) is 17.3 Å². The molecule has 1 aliphatic heterocycles. The summed E-state index contributed by atoms with van der Waals surface area (Å²) in [6.45, 7) is 2.75. The van der Waals surface area contributed by atoms with Crippen molar-refractivity contribution in [3.05, 3.63) is 38.9 Å². The first-order valence-electron chi connectivity index (χ1n) is 6.41. The zero-order chi connectivity index (χ0) is 13.8. The molecule has 0 radical (unpaired) electrons. The average molecular weight is 284 g/mol. The van der Waals surface area contributed by atoms with Gasteiger partial charge in [-0.3, -0.25) is 10.1 Å². The summed E-state index contributed by atoms with van der Waals surface area (Å²) in [4.78, 5) is 12.7. The van der Waals surface area contributed by atoms with Crippen LogP contribution in [-0.4, -0.2) is 36.0 Å². The summed E-state index contributed by atoms with van der Waals surface area (Å²) in [7, 11) is 2.12. The molecule has 2 rings (SSSR count). The van der Waals surface area contributed by atoms with Crippen LogP contribution in [0.15, 0.2) is 18.2 Å². The highest BCUT2D eigenvalue weighted by molar-refractivity contribution is 6.31. The van der Waals surface area contributed by atoms with Crippen molar-refractivity contribution in [2.24, 2.45) is 0 Å². The number of nitro groups is 1. The van der Waals surface area contributed by atoms with Crippen molar-refractivity contribution in [1.29, 1.82) is 0 Å². The molecule has 1 aromatic rings. The lowest BCUT2D eigenvalue weighted by Gasteiger charge is -2.29. The third-order valence-corrected chi connectivity index (χ3v) is 3.91. The number of nitro benzene ring substituents is 1. The molecule has 1 N–H and O–H groups in total. The van der Waals surface area contributed by atoms with Gasteiger partial charge in [-0.25, -0.2) is 0 Å². The van der Waals surface area contributed by atoms with Crippen LogP contribution in [0.3, 0.4) is 0 Å². The van der Waals surface area contributed by atoms with Gasteiger partial charge in [-0.05, 0) is 44.6 Å². The Morgan fingerprint density at radius 2 is 2.16 bits per heavy atom.